The van der Waals surface area contributed by atoms with Gasteiger partial charge in [-0.15, -0.1) is 0 Å². The average Bonchev–Trinajstić information content (AvgIpc) is 2.25. The Bertz CT molecular complexity index is 666. The van der Waals surface area contributed by atoms with Crippen molar-refractivity contribution in [1.29, 1.82) is 0 Å². The second kappa shape index (κ2) is 5.69. The Balaban J connectivity index is 2.31. The summed E-state index contributed by atoms with van der Waals surface area (Å²) in [7, 11) is 0. The average molecular weight is 402 g/mol. The van der Waals surface area contributed by atoms with Gasteiger partial charge in [0.2, 0.25) is 0 Å². The van der Waals surface area contributed by atoms with Gasteiger partial charge in [-0.1, -0.05) is 28.1 Å². The van der Waals surface area contributed by atoms with Gasteiger partial charge in [-0.3, -0.25) is 5.32 Å². The lowest BCUT2D eigenvalue weighted by Crippen LogP contribution is -2.27. The van der Waals surface area contributed by atoms with Gasteiger partial charge in [-0.25, -0.2) is 9.78 Å². The van der Waals surface area contributed by atoms with Crippen molar-refractivity contribution >= 4 is 54.5 Å². The minimum Gasteiger partial charge on any atom is -0.444 e. The van der Waals surface area contributed by atoms with E-state index in [-0.39, 0.29) is 0 Å². The monoisotopic (exact) mass is 400 g/mol. The minimum atomic E-state index is -0.540. The molecule has 1 heterocycles. The predicted octanol–water partition coefficient (Wildman–Crippen LogP) is 5.11. The van der Waals surface area contributed by atoms with Crippen molar-refractivity contribution < 1.29 is 9.53 Å². The summed E-state index contributed by atoms with van der Waals surface area (Å²) in [6, 6.07) is 7.62. The van der Waals surface area contributed by atoms with Gasteiger partial charge in [-0.05, 0) is 54.2 Å². The Labute approximate surface area is 134 Å². The molecule has 0 bridgehead atoms. The van der Waals surface area contributed by atoms with E-state index >= 15 is 0 Å². The number of nitrogens with one attached hydrogen (secondary N) is 1. The van der Waals surface area contributed by atoms with Crippen LogP contribution in [0.3, 0.4) is 0 Å². The zero-order valence-electron chi connectivity index (χ0n) is 11.3. The maximum Gasteiger partial charge on any atom is 0.413 e. The smallest absolute Gasteiger partial charge is 0.413 e. The van der Waals surface area contributed by atoms with E-state index in [4.69, 9.17) is 4.74 Å². The third-order valence-corrected chi connectivity index (χ3v) is 3.63. The Hall–Kier alpha value is -1.14. The lowest BCUT2D eigenvalue weighted by atomic mass is 10.2. The molecule has 0 radical (unpaired) electrons. The van der Waals surface area contributed by atoms with E-state index < -0.39 is 11.7 Å². The van der Waals surface area contributed by atoms with Gasteiger partial charge < -0.3 is 4.74 Å². The van der Waals surface area contributed by atoms with Crippen LogP contribution >= 0.6 is 31.9 Å². The molecule has 2 aromatic rings. The molecule has 6 heteroatoms. The molecule has 1 aromatic carbocycles. The van der Waals surface area contributed by atoms with Gasteiger partial charge in [0.15, 0.2) is 0 Å². The number of benzene rings is 1. The van der Waals surface area contributed by atoms with Crippen LogP contribution in [-0.2, 0) is 4.74 Å². The van der Waals surface area contributed by atoms with Crippen molar-refractivity contribution in [2.75, 3.05) is 5.32 Å². The fourth-order valence-corrected chi connectivity index (χ4v) is 3.16. The molecule has 2 rings (SSSR count). The third-order valence-electron chi connectivity index (χ3n) is 2.39. The van der Waals surface area contributed by atoms with Crippen molar-refractivity contribution in [2.45, 2.75) is 26.4 Å². The Kier molecular flexibility index (Phi) is 4.34. The maximum atomic E-state index is 11.7. The number of rotatable bonds is 1. The van der Waals surface area contributed by atoms with Crippen LogP contribution in [0, 0.1) is 0 Å². The van der Waals surface area contributed by atoms with E-state index in [1.165, 1.54) is 0 Å². The molecule has 0 aliphatic carbocycles. The number of hydrogen-bond acceptors (Lipinski definition) is 3. The van der Waals surface area contributed by atoms with Gasteiger partial charge in [0, 0.05) is 9.86 Å². The molecular weight excluding hydrogens is 388 g/mol. The minimum absolute atomic E-state index is 0.441. The van der Waals surface area contributed by atoms with Crippen LogP contribution in [0.15, 0.2) is 33.3 Å². The first kappa shape index (κ1) is 15.3. The molecule has 0 aliphatic rings. The highest BCUT2D eigenvalue weighted by Gasteiger charge is 2.17. The molecule has 0 saturated heterocycles. The highest BCUT2D eigenvalue weighted by atomic mass is 79.9. The van der Waals surface area contributed by atoms with Crippen LogP contribution in [-0.4, -0.2) is 16.7 Å². The number of hydrogen-bond donors (Lipinski definition) is 1. The molecule has 0 atom stereocenters. The molecule has 4 nitrogen and oxygen atoms in total. The quantitative estimate of drug-likeness (QED) is 0.675. The molecule has 1 N–H and O–H groups in total. The van der Waals surface area contributed by atoms with E-state index in [2.05, 4.69) is 42.2 Å². The topological polar surface area (TPSA) is 51.2 Å². The summed E-state index contributed by atoms with van der Waals surface area (Å²) in [5.74, 6) is 0.441. The first-order chi connectivity index (χ1) is 9.26. The lowest BCUT2D eigenvalue weighted by Gasteiger charge is -2.19. The Morgan fingerprint density at radius 2 is 2.00 bits per heavy atom. The molecule has 0 fully saturated rings. The van der Waals surface area contributed by atoms with Crippen LogP contribution in [0.4, 0.5) is 10.6 Å². The van der Waals surface area contributed by atoms with Crippen molar-refractivity contribution in [3.8, 4) is 0 Å². The molecule has 1 amide bonds. The fourth-order valence-electron chi connectivity index (χ4n) is 1.69. The maximum absolute atomic E-state index is 11.7. The molecular formula is C14H14Br2N2O2. The Morgan fingerprint density at radius 3 is 2.65 bits per heavy atom. The Morgan fingerprint density at radius 1 is 1.30 bits per heavy atom. The number of ether oxygens (including phenoxy) is 1. The molecule has 106 valence electrons. The fraction of sp³-hybridized carbons (Fsp3) is 0.286. The summed E-state index contributed by atoms with van der Waals surface area (Å²) in [5.41, 5.74) is -0.540. The number of halogens is 2. The molecule has 0 unspecified atom stereocenters. The number of fused-ring (bicyclic) bond motifs is 1. The van der Waals surface area contributed by atoms with Crippen molar-refractivity contribution in [3.05, 3.63) is 33.3 Å². The van der Waals surface area contributed by atoms with Crippen LogP contribution in [0.2, 0.25) is 0 Å². The third kappa shape index (κ3) is 3.70. The first-order valence-corrected chi connectivity index (χ1v) is 7.59. The number of carbonyl (C=O) groups is 1. The van der Waals surface area contributed by atoms with Gasteiger partial charge in [0.05, 0.1) is 0 Å². The summed E-state index contributed by atoms with van der Waals surface area (Å²) in [6.07, 6.45) is -0.522. The molecule has 0 saturated carbocycles. The summed E-state index contributed by atoms with van der Waals surface area (Å²) in [6.45, 7) is 5.44. The number of anilines is 1. The van der Waals surface area contributed by atoms with Crippen molar-refractivity contribution in [1.82, 2.24) is 4.98 Å². The lowest BCUT2D eigenvalue weighted by molar-refractivity contribution is 0.0635. The van der Waals surface area contributed by atoms with E-state index in [0.717, 1.165) is 15.2 Å². The van der Waals surface area contributed by atoms with Crippen molar-refractivity contribution in [3.63, 3.8) is 0 Å². The SMILES string of the molecule is CC(C)(C)OC(=O)Nc1cc2cccc(Br)c2c(Br)n1. The largest absolute Gasteiger partial charge is 0.444 e. The molecule has 0 aliphatic heterocycles. The summed E-state index contributed by atoms with van der Waals surface area (Å²) in [5, 5.41) is 4.56. The number of nitrogens with zero attached hydrogens (tertiary/aromatic N) is 1. The standard InChI is InChI=1S/C14H14Br2N2O2/c1-14(2,3)20-13(19)18-10-7-8-5-4-6-9(15)11(8)12(16)17-10/h4-7H,1-3H3,(H,17,18,19). The zero-order valence-corrected chi connectivity index (χ0v) is 14.5. The van der Waals surface area contributed by atoms with Crippen LogP contribution in [0.25, 0.3) is 10.8 Å². The van der Waals surface area contributed by atoms with Crippen LogP contribution < -0.4 is 5.32 Å². The predicted molar refractivity (Wildman–Crippen MR) is 87.0 cm³/mol. The normalized spacial score (nSPS) is 11.4. The van der Waals surface area contributed by atoms with Gasteiger partial charge in [0.25, 0.3) is 0 Å². The molecule has 0 spiro atoms. The van der Waals surface area contributed by atoms with E-state index in [1.807, 2.05) is 39.0 Å². The second-order valence-electron chi connectivity index (χ2n) is 5.26. The second-order valence-corrected chi connectivity index (χ2v) is 6.87. The van der Waals surface area contributed by atoms with Gasteiger partial charge in [0.1, 0.15) is 16.0 Å². The van der Waals surface area contributed by atoms with E-state index in [0.29, 0.717) is 10.4 Å². The summed E-state index contributed by atoms with van der Waals surface area (Å²) < 4.78 is 6.81. The summed E-state index contributed by atoms with van der Waals surface area (Å²) in [4.78, 5) is 16.1. The zero-order chi connectivity index (χ0) is 14.9. The number of amides is 1. The van der Waals surface area contributed by atoms with E-state index in [9.17, 15) is 4.79 Å². The number of pyridine rings is 1. The highest BCUT2D eigenvalue weighted by Crippen LogP contribution is 2.31. The molecule has 20 heavy (non-hydrogen) atoms. The number of aromatic nitrogens is 1. The first-order valence-electron chi connectivity index (χ1n) is 6.01. The van der Waals surface area contributed by atoms with E-state index in [1.54, 1.807) is 6.07 Å². The van der Waals surface area contributed by atoms with Crippen LogP contribution in [0.5, 0.6) is 0 Å². The highest BCUT2D eigenvalue weighted by molar-refractivity contribution is 9.11. The molecule has 1 aromatic heterocycles. The summed E-state index contributed by atoms with van der Waals surface area (Å²) >= 11 is 6.90. The van der Waals surface area contributed by atoms with Gasteiger partial charge >= 0.3 is 6.09 Å². The van der Waals surface area contributed by atoms with Gasteiger partial charge in [-0.2, -0.15) is 0 Å². The van der Waals surface area contributed by atoms with Crippen LogP contribution in [0.1, 0.15) is 20.8 Å². The van der Waals surface area contributed by atoms with Crippen molar-refractivity contribution in [2.24, 2.45) is 0 Å². The number of carbonyl (C=O) groups excluding carboxylic acids is 1.